The van der Waals surface area contributed by atoms with Gasteiger partial charge in [-0.2, -0.15) is 5.26 Å². The van der Waals surface area contributed by atoms with Gasteiger partial charge in [0.25, 0.3) is 0 Å². The van der Waals surface area contributed by atoms with Gasteiger partial charge in [-0.05, 0) is 29.3 Å². The predicted octanol–water partition coefficient (Wildman–Crippen LogP) is 3.66. The van der Waals surface area contributed by atoms with Crippen LogP contribution in [-0.4, -0.2) is 22.5 Å². The van der Waals surface area contributed by atoms with Crippen molar-refractivity contribution < 1.29 is 9.13 Å². The Morgan fingerprint density at radius 3 is 2.79 bits per heavy atom. The monoisotopic (exact) mass is 320 g/mol. The first-order valence-corrected chi connectivity index (χ1v) is 7.14. The number of nitrogens with one attached hydrogen (secondary N) is 1. The van der Waals surface area contributed by atoms with Crippen molar-refractivity contribution in [2.45, 2.75) is 0 Å². The van der Waals surface area contributed by atoms with Crippen molar-refractivity contribution in [3.05, 3.63) is 65.1 Å². The van der Waals surface area contributed by atoms with Crippen LogP contribution in [0.5, 0.6) is 5.75 Å². The zero-order valence-electron chi connectivity index (χ0n) is 12.8. The molecule has 0 aliphatic carbocycles. The molecule has 1 aromatic heterocycles. The number of nitriles is 1. The van der Waals surface area contributed by atoms with Crippen molar-refractivity contribution in [2.75, 3.05) is 7.11 Å². The van der Waals surface area contributed by atoms with E-state index in [1.165, 1.54) is 19.2 Å². The van der Waals surface area contributed by atoms with Crippen LogP contribution in [0, 0.1) is 17.1 Å². The van der Waals surface area contributed by atoms with E-state index in [0.29, 0.717) is 22.7 Å². The Kier molecular flexibility index (Phi) is 4.34. The molecule has 0 radical (unpaired) electrons. The number of aromatic nitrogens is 3. The van der Waals surface area contributed by atoms with E-state index in [1.54, 1.807) is 12.1 Å². The molecule has 1 heterocycles. The van der Waals surface area contributed by atoms with Crippen LogP contribution in [0.15, 0.2) is 42.5 Å². The molecule has 0 bridgehead atoms. The van der Waals surface area contributed by atoms with Crippen LogP contribution in [0.1, 0.15) is 16.8 Å². The first kappa shape index (κ1) is 15.4. The van der Waals surface area contributed by atoms with Crippen molar-refractivity contribution in [3.8, 4) is 23.1 Å². The lowest BCUT2D eigenvalue weighted by atomic mass is 10.1. The molecule has 0 aliphatic rings. The van der Waals surface area contributed by atoms with Crippen molar-refractivity contribution in [3.63, 3.8) is 0 Å². The zero-order chi connectivity index (χ0) is 16.9. The predicted molar refractivity (Wildman–Crippen MR) is 88.4 cm³/mol. The number of rotatable bonds is 4. The third-order valence-corrected chi connectivity index (χ3v) is 3.42. The van der Waals surface area contributed by atoms with Gasteiger partial charge in [-0.1, -0.05) is 35.6 Å². The fourth-order valence-corrected chi connectivity index (χ4v) is 2.29. The average Bonchev–Trinajstić information content (AvgIpc) is 3.08. The smallest absolute Gasteiger partial charge is 0.163 e. The van der Waals surface area contributed by atoms with Gasteiger partial charge in [-0.25, -0.2) is 9.49 Å². The maximum absolute atomic E-state index is 13.5. The van der Waals surface area contributed by atoms with Crippen LogP contribution in [-0.2, 0) is 0 Å². The Hall–Kier alpha value is -3.46. The van der Waals surface area contributed by atoms with Gasteiger partial charge >= 0.3 is 0 Å². The molecular weight excluding hydrogens is 307 g/mol. The van der Waals surface area contributed by atoms with Gasteiger partial charge in [0, 0.05) is 11.6 Å². The van der Waals surface area contributed by atoms with Gasteiger partial charge in [0.1, 0.15) is 23.3 Å². The summed E-state index contributed by atoms with van der Waals surface area (Å²) in [5.41, 5.74) is 3.17. The summed E-state index contributed by atoms with van der Waals surface area (Å²) in [4.78, 5) is 0. The number of hydrogen-bond acceptors (Lipinski definition) is 4. The van der Waals surface area contributed by atoms with E-state index >= 15 is 0 Å². The number of halogens is 1. The fraction of sp³-hybridized carbons (Fsp3) is 0.0556. The molecule has 1 N–H and O–H groups in total. The second-order valence-electron chi connectivity index (χ2n) is 5.03. The van der Waals surface area contributed by atoms with Crippen molar-refractivity contribution >= 4 is 12.2 Å². The average molecular weight is 320 g/mol. The van der Waals surface area contributed by atoms with Crippen LogP contribution in [0.4, 0.5) is 4.39 Å². The first-order valence-electron chi connectivity index (χ1n) is 7.14. The van der Waals surface area contributed by atoms with Crippen LogP contribution in [0.3, 0.4) is 0 Å². The van der Waals surface area contributed by atoms with Crippen LogP contribution in [0.25, 0.3) is 23.4 Å². The topological polar surface area (TPSA) is 74.6 Å². The Morgan fingerprint density at radius 1 is 1.17 bits per heavy atom. The number of methoxy groups -OCH3 is 1. The maximum Gasteiger partial charge on any atom is 0.163 e. The van der Waals surface area contributed by atoms with Gasteiger partial charge in [0.2, 0.25) is 0 Å². The SMILES string of the molecule is COc1cc(F)cc(/C=C/c2cccc(-c3nn[nH]c3C#N)c2)c1. The molecule has 118 valence electrons. The van der Waals surface area contributed by atoms with E-state index in [2.05, 4.69) is 15.4 Å². The van der Waals surface area contributed by atoms with Crippen LogP contribution in [0.2, 0.25) is 0 Å². The Labute approximate surface area is 138 Å². The van der Waals surface area contributed by atoms with E-state index in [4.69, 9.17) is 10.00 Å². The highest BCUT2D eigenvalue weighted by molar-refractivity contribution is 5.74. The first-order chi connectivity index (χ1) is 11.7. The molecule has 0 amide bonds. The van der Waals surface area contributed by atoms with E-state index in [1.807, 2.05) is 36.4 Å². The normalized spacial score (nSPS) is 10.7. The minimum Gasteiger partial charge on any atom is -0.497 e. The molecule has 5 nitrogen and oxygen atoms in total. The van der Waals surface area contributed by atoms with Crippen molar-refractivity contribution in [1.29, 1.82) is 5.26 Å². The van der Waals surface area contributed by atoms with Crippen molar-refractivity contribution in [1.82, 2.24) is 15.4 Å². The van der Waals surface area contributed by atoms with E-state index in [0.717, 1.165) is 11.1 Å². The summed E-state index contributed by atoms with van der Waals surface area (Å²) in [6, 6.07) is 14.0. The zero-order valence-corrected chi connectivity index (χ0v) is 12.8. The Balaban J connectivity index is 1.90. The lowest BCUT2D eigenvalue weighted by molar-refractivity contribution is 0.411. The molecule has 0 atom stereocenters. The van der Waals surface area contributed by atoms with Gasteiger partial charge in [0.15, 0.2) is 5.69 Å². The van der Waals surface area contributed by atoms with Gasteiger partial charge in [-0.3, -0.25) is 0 Å². The lowest BCUT2D eigenvalue weighted by Crippen LogP contribution is -1.86. The number of aromatic amines is 1. The molecule has 0 saturated carbocycles. The molecule has 3 rings (SSSR count). The standard InChI is InChI=1S/C18H13FN4O/c1-24-16-9-13(8-15(19)10-16)6-5-12-3-2-4-14(7-12)18-17(11-20)21-23-22-18/h2-10H,1H3,(H,21,22,23)/b6-5+. The summed E-state index contributed by atoms with van der Waals surface area (Å²) >= 11 is 0. The molecule has 0 aliphatic heterocycles. The lowest BCUT2D eigenvalue weighted by Gasteiger charge is -2.02. The highest BCUT2D eigenvalue weighted by Gasteiger charge is 2.08. The second kappa shape index (κ2) is 6.75. The second-order valence-corrected chi connectivity index (χ2v) is 5.03. The minimum absolute atomic E-state index is 0.311. The quantitative estimate of drug-likeness (QED) is 0.744. The van der Waals surface area contributed by atoms with E-state index in [-0.39, 0.29) is 5.82 Å². The van der Waals surface area contributed by atoms with Crippen LogP contribution < -0.4 is 4.74 Å². The third kappa shape index (κ3) is 3.31. The Bertz CT molecular complexity index is 940. The molecule has 2 aromatic carbocycles. The van der Waals surface area contributed by atoms with E-state index < -0.39 is 0 Å². The summed E-state index contributed by atoms with van der Waals surface area (Å²) in [5, 5.41) is 19.2. The third-order valence-electron chi connectivity index (χ3n) is 3.42. The van der Waals surface area contributed by atoms with Gasteiger partial charge in [0.05, 0.1) is 7.11 Å². The van der Waals surface area contributed by atoms with E-state index in [9.17, 15) is 4.39 Å². The van der Waals surface area contributed by atoms with Gasteiger partial charge in [-0.15, -0.1) is 5.10 Å². The molecule has 24 heavy (non-hydrogen) atoms. The molecule has 0 fully saturated rings. The number of ether oxygens (including phenoxy) is 1. The molecule has 3 aromatic rings. The highest BCUT2D eigenvalue weighted by Crippen LogP contribution is 2.22. The summed E-state index contributed by atoms with van der Waals surface area (Å²) in [5.74, 6) is 0.105. The number of H-pyrrole nitrogens is 1. The number of hydrogen-bond donors (Lipinski definition) is 1. The largest absolute Gasteiger partial charge is 0.497 e. The summed E-state index contributed by atoms with van der Waals surface area (Å²) < 4.78 is 18.6. The highest BCUT2D eigenvalue weighted by atomic mass is 19.1. The van der Waals surface area contributed by atoms with Gasteiger partial charge < -0.3 is 4.74 Å². The minimum atomic E-state index is -0.357. The summed E-state index contributed by atoms with van der Waals surface area (Å²) in [7, 11) is 1.50. The molecule has 0 spiro atoms. The summed E-state index contributed by atoms with van der Waals surface area (Å²) in [6.07, 6.45) is 3.64. The fourth-order valence-electron chi connectivity index (χ4n) is 2.29. The maximum atomic E-state index is 13.5. The summed E-state index contributed by atoms with van der Waals surface area (Å²) in [6.45, 7) is 0. The molecular formula is C18H13FN4O. The Morgan fingerprint density at radius 2 is 2.00 bits per heavy atom. The molecule has 0 unspecified atom stereocenters. The number of benzene rings is 2. The van der Waals surface area contributed by atoms with Crippen LogP contribution >= 0.6 is 0 Å². The molecule has 0 saturated heterocycles. The van der Waals surface area contributed by atoms with Crippen molar-refractivity contribution in [2.24, 2.45) is 0 Å². The molecule has 6 heteroatoms. The number of nitrogens with zero attached hydrogens (tertiary/aromatic N) is 3.